The summed E-state index contributed by atoms with van der Waals surface area (Å²) in [6.07, 6.45) is 2.82. The van der Waals surface area contributed by atoms with E-state index >= 15 is 0 Å². The Morgan fingerprint density at radius 3 is 2.77 bits per heavy atom. The lowest BCUT2D eigenvalue weighted by molar-refractivity contribution is -0.135. The lowest BCUT2D eigenvalue weighted by Gasteiger charge is -2.37. The van der Waals surface area contributed by atoms with E-state index in [0.717, 1.165) is 39.0 Å². The summed E-state index contributed by atoms with van der Waals surface area (Å²) in [4.78, 5) is 16.8. The number of benzene rings is 1. The number of morpholine rings is 1. The highest BCUT2D eigenvalue weighted by atomic mass is 16.5. The SMILES string of the molecule is CC[C@@H]1c2ccccc2CCN1CCC(=O)N1CCOCC1. The third-order valence-electron chi connectivity index (χ3n) is 4.89. The molecule has 1 saturated heterocycles. The standard InChI is InChI=1S/C18H26N2O2/c1-2-17-16-6-4-3-5-15(16)7-9-19(17)10-8-18(21)20-11-13-22-14-12-20/h3-6,17H,2,7-14H2,1H3/t17-/m1/s1. The molecule has 1 fully saturated rings. The maximum Gasteiger partial charge on any atom is 0.224 e. The Labute approximate surface area is 133 Å². The van der Waals surface area contributed by atoms with Crippen LogP contribution in [0, 0.1) is 0 Å². The molecule has 1 atom stereocenters. The van der Waals surface area contributed by atoms with E-state index in [2.05, 4.69) is 36.1 Å². The van der Waals surface area contributed by atoms with Crippen molar-refractivity contribution < 1.29 is 9.53 Å². The summed E-state index contributed by atoms with van der Waals surface area (Å²) in [6.45, 7) is 7.02. The summed E-state index contributed by atoms with van der Waals surface area (Å²) in [5.74, 6) is 0.275. The Bertz CT molecular complexity index is 512. The monoisotopic (exact) mass is 302 g/mol. The molecule has 2 aliphatic rings. The van der Waals surface area contributed by atoms with E-state index in [0.29, 0.717) is 25.7 Å². The molecule has 22 heavy (non-hydrogen) atoms. The van der Waals surface area contributed by atoms with Crippen LogP contribution >= 0.6 is 0 Å². The Hall–Kier alpha value is -1.39. The highest BCUT2D eigenvalue weighted by Crippen LogP contribution is 2.31. The van der Waals surface area contributed by atoms with Gasteiger partial charge in [-0.1, -0.05) is 31.2 Å². The van der Waals surface area contributed by atoms with Crippen molar-refractivity contribution in [2.24, 2.45) is 0 Å². The first-order valence-corrected chi connectivity index (χ1v) is 8.47. The molecule has 0 unspecified atom stereocenters. The average molecular weight is 302 g/mol. The second-order valence-corrected chi connectivity index (χ2v) is 6.15. The van der Waals surface area contributed by atoms with Gasteiger partial charge in [0.15, 0.2) is 0 Å². The van der Waals surface area contributed by atoms with Gasteiger partial charge in [-0.05, 0) is 24.0 Å². The third kappa shape index (κ3) is 3.33. The molecule has 1 amide bonds. The molecule has 4 nitrogen and oxygen atoms in total. The zero-order valence-electron chi connectivity index (χ0n) is 13.5. The van der Waals surface area contributed by atoms with Gasteiger partial charge in [0, 0.05) is 38.6 Å². The summed E-state index contributed by atoms with van der Waals surface area (Å²) in [6, 6.07) is 9.21. The maximum absolute atomic E-state index is 12.3. The van der Waals surface area contributed by atoms with E-state index < -0.39 is 0 Å². The van der Waals surface area contributed by atoms with Crippen LogP contribution in [0.5, 0.6) is 0 Å². The predicted molar refractivity (Wildman–Crippen MR) is 86.8 cm³/mol. The zero-order chi connectivity index (χ0) is 15.4. The Morgan fingerprint density at radius 2 is 2.00 bits per heavy atom. The van der Waals surface area contributed by atoms with Crippen molar-refractivity contribution in [3.05, 3.63) is 35.4 Å². The van der Waals surface area contributed by atoms with Crippen molar-refractivity contribution in [1.29, 1.82) is 0 Å². The first-order valence-electron chi connectivity index (χ1n) is 8.47. The summed E-state index contributed by atoms with van der Waals surface area (Å²) >= 11 is 0. The fraction of sp³-hybridized carbons (Fsp3) is 0.611. The van der Waals surface area contributed by atoms with Gasteiger partial charge in [0.2, 0.25) is 5.91 Å². The molecule has 0 radical (unpaired) electrons. The lowest BCUT2D eigenvalue weighted by Crippen LogP contribution is -2.43. The highest BCUT2D eigenvalue weighted by molar-refractivity contribution is 5.76. The molecule has 0 bridgehead atoms. The van der Waals surface area contributed by atoms with Crippen molar-refractivity contribution >= 4 is 5.91 Å². The molecule has 0 saturated carbocycles. The van der Waals surface area contributed by atoms with Crippen LogP contribution < -0.4 is 0 Å². The Morgan fingerprint density at radius 1 is 1.23 bits per heavy atom. The number of nitrogens with zero attached hydrogens (tertiary/aromatic N) is 2. The molecule has 0 aromatic heterocycles. The third-order valence-corrected chi connectivity index (χ3v) is 4.89. The van der Waals surface area contributed by atoms with Crippen LogP contribution in [0.3, 0.4) is 0 Å². The van der Waals surface area contributed by atoms with Crippen LogP contribution in [0.2, 0.25) is 0 Å². The number of rotatable bonds is 4. The first kappa shape index (κ1) is 15.5. The Balaban J connectivity index is 1.59. The van der Waals surface area contributed by atoms with E-state index in [4.69, 9.17) is 4.74 Å². The fourth-order valence-corrected chi connectivity index (χ4v) is 3.66. The molecule has 1 aromatic carbocycles. The molecular formula is C18H26N2O2. The van der Waals surface area contributed by atoms with Crippen LogP contribution in [0.15, 0.2) is 24.3 Å². The molecule has 2 aliphatic heterocycles. The molecular weight excluding hydrogens is 276 g/mol. The number of carbonyl (C=O) groups excluding carboxylic acids is 1. The number of hydrogen-bond donors (Lipinski definition) is 0. The van der Waals surface area contributed by atoms with E-state index in [-0.39, 0.29) is 5.91 Å². The predicted octanol–water partition coefficient (Wildman–Crippen LogP) is 2.24. The summed E-state index contributed by atoms with van der Waals surface area (Å²) in [5.41, 5.74) is 2.93. The lowest BCUT2D eigenvalue weighted by atomic mass is 9.91. The number of hydrogen-bond acceptors (Lipinski definition) is 3. The molecule has 4 heteroatoms. The van der Waals surface area contributed by atoms with Gasteiger partial charge in [0.1, 0.15) is 0 Å². The molecule has 0 spiro atoms. The quantitative estimate of drug-likeness (QED) is 0.855. The fourth-order valence-electron chi connectivity index (χ4n) is 3.66. The second-order valence-electron chi connectivity index (χ2n) is 6.15. The summed E-state index contributed by atoms with van der Waals surface area (Å²) < 4.78 is 5.31. The number of ether oxygens (including phenoxy) is 1. The zero-order valence-corrected chi connectivity index (χ0v) is 13.5. The summed E-state index contributed by atoms with van der Waals surface area (Å²) in [5, 5.41) is 0. The van der Waals surface area contributed by atoms with Crippen LogP contribution in [0.1, 0.15) is 36.9 Å². The molecule has 0 N–H and O–H groups in total. The highest BCUT2D eigenvalue weighted by Gasteiger charge is 2.26. The largest absolute Gasteiger partial charge is 0.378 e. The van der Waals surface area contributed by atoms with Gasteiger partial charge >= 0.3 is 0 Å². The molecule has 0 aliphatic carbocycles. The van der Waals surface area contributed by atoms with E-state index in [1.807, 2.05) is 4.90 Å². The van der Waals surface area contributed by atoms with Crippen molar-refractivity contribution in [1.82, 2.24) is 9.80 Å². The van der Waals surface area contributed by atoms with Gasteiger partial charge in [-0.25, -0.2) is 0 Å². The van der Waals surface area contributed by atoms with E-state index in [1.54, 1.807) is 0 Å². The van der Waals surface area contributed by atoms with Crippen molar-refractivity contribution in [3.63, 3.8) is 0 Å². The topological polar surface area (TPSA) is 32.8 Å². The minimum absolute atomic E-state index is 0.275. The van der Waals surface area contributed by atoms with Gasteiger partial charge in [0.05, 0.1) is 13.2 Å². The van der Waals surface area contributed by atoms with E-state index in [1.165, 1.54) is 11.1 Å². The van der Waals surface area contributed by atoms with Crippen LogP contribution in [0.25, 0.3) is 0 Å². The second kappa shape index (κ2) is 7.25. The number of fused-ring (bicyclic) bond motifs is 1. The van der Waals surface area contributed by atoms with Crippen LogP contribution in [0.4, 0.5) is 0 Å². The van der Waals surface area contributed by atoms with Gasteiger partial charge in [0.25, 0.3) is 0 Å². The minimum atomic E-state index is 0.275. The van der Waals surface area contributed by atoms with Gasteiger partial charge in [-0.15, -0.1) is 0 Å². The van der Waals surface area contributed by atoms with E-state index in [9.17, 15) is 4.79 Å². The van der Waals surface area contributed by atoms with Crippen LogP contribution in [-0.4, -0.2) is 55.1 Å². The first-order chi connectivity index (χ1) is 10.8. The number of carbonyl (C=O) groups is 1. The average Bonchev–Trinajstić information content (AvgIpc) is 2.59. The van der Waals surface area contributed by atoms with Gasteiger partial charge < -0.3 is 9.64 Å². The molecule has 2 heterocycles. The molecule has 1 aromatic rings. The molecule has 120 valence electrons. The summed E-state index contributed by atoms with van der Waals surface area (Å²) in [7, 11) is 0. The van der Waals surface area contributed by atoms with Crippen LogP contribution in [-0.2, 0) is 16.0 Å². The van der Waals surface area contributed by atoms with Crippen molar-refractivity contribution in [2.45, 2.75) is 32.2 Å². The number of amides is 1. The van der Waals surface area contributed by atoms with Crippen molar-refractivity contribution in [3.8, 4) is 0 Å². The van der Waals surface area contributed by atoms with Gasteiger partial charge in [-0.3, -0.25) is 9.69 Å². The van der Waals surface area contributed by atoms with Gasteiger partial charge in [-0.2, -0.15) is 0 Å². The van der Waals surface area contributed by atoms with Crippen molar-refractivity contribution in [2.75, 3.05) is 39.4 Å². The molecule has 3 rings (SSSR count). The minimum Gasteiger partial charge on any atom is -0.378 e. The maximum atomic E-state index is 12.3. The Kier molecular flexibility index (Phi) is 5.11. The normalized spacial score (nSPS) is 22.4. The smallest absolute Gasteiger partial charge is 0.224 e.